The minimum atomic E-state index is -0.802. The monoisotopic (exact) mass is 407 g/mol. The van der Waals surface area contributed by atoms with Crippen molar-refractivity contribution < 1.29 is 19.1 Å². The van der Waals surface area contributed by atoms with Crippen LogP contribution in [-0.2, 0) is 16.1 Å². The Morgan fingerprint density at radius 3 is 2.27 bits per heavy atom. The lowest BCUT2D eigenvalue weighted by Crippen LogP contribution is -2.31. The van der Waals surface area contributed by atoms with Crippen LogP contribution in [0.4, 0.5) is 5.69 Å². The molecule has 0 aliphatic heterocycles. The molecule has 9 nitrogen and oxygen atoms in total. The van der Waals surface area contributed by atoms with Crippen LogP contribution in [0.15, 0.2) is 76.4 Å². The first kappa shape index (κ1) is 20.5. The summed E-state index contributed by atoms with van der Waals surface area (Å²) in [6.45, 7) is -0.944. The summed E-state index contributed by atoms with van der Waals surface area (Å²) in [6.07, 6.45) is 1.16. The first-order valence-electron chi connectivity index (χ1n) is 8.87. The number of hydrogen-bond donors (Lipinski definition) is 2. The SMILES string of the molecule is O=C(Cn1ccc(=O)[nH]c1=O)OCC(=O)c1ccc(NC(=O)c2ccccc2)cc1. The number of ether oxygens (including phenoxy) is 1. The number of amides is 1. The van der Waals surface area contributed by atoms with E-state index in [0.717, 1.165) is 16.8 Å². The molecule has 0 fully saturated rings. The number of carbonyl (C=O) groups excluding carboxylic acids is 3. The molecule has 0 spiro atoms. The van der Waals surface area contributed by atoms with Gasteiger partial charge in [-0.2, -0.15) is 0 Å². The zero-order valence-corrected chi connectivity index (χ0v) is 15.7. The highest BCUT2D eigenvalue weighted by Crippen LogP contribution is 2.12. The number of benzene rings is 2. The fraction of sp³-hybridized carbons (Fsp3) is 0.0952. The first-order chi connectivity index (χ1) is 14.4. The van der Waals surface area contributed by atoms with Gasteiger partial charge in [-0.3, -0.25) is 28.7 Å². The van der Waals surface area contributed by atoms with E-state index in [4.69, 9.17) is 4.74 Å². The van der Waals surface area contributed by atoms with E-state index >= 15 is 0 Å². The number of esters is 1. The number of carbonyl (C=O) groups is 3. The van der Waals surface area contributed by atoms with Gasteiger partial charge in [0, 0.05) is 29.1 Å². The van der Waals surface area contributed by atoms with Crippen LogP contribution in [0.25, 0.3) is 0 Å². The first-order valence-corrected chi connectivity index (χ1v) is 8.87. The second-order valence-corrected chi connectivity index (χ2v) is 6.22. The van der Waals surface area contributed by atoms with Gasteiger partial charge in [-0.05, 0) is 36.4 Å². The molecule has 3 aromatic rings. The number of Topliss-reactive ketones (excluding diaryl/α,β-unsaturated/α-hetero) is 1. The summed E-state index contributed by atoms with van der Waals surface area (Å²) in [5.41, 5.74) is -0.0233. The maximum absolute atomic E-state index is 12.2. The highest BCUT2D eigenvalue weighted by molar-refractivity contribution is 6.04. The molecule has 1 aromatic heterocycles. The summed E-state index contributed by atoms with van der Waals surface area (Å²) in [5, 5.41) is 2.72. The quantitative estimate of drug-likeness (QED) is 0.448. The maximum Gasteiger partial charge on any atom is 0.328 e. The van der Waals surface area contributed by atoms with Crippen molar-refractivity contribution in [3.05, 3.63) is 98.8 Å². The Balaban J connectivity index is 1.53. The summed E-state index contributed by atoms with van der Waals surface area (Å²) in [6, 6.07) is 15.9. The van der Waals surface area contributed by atoms with Gasteiger partial charge in [-0.1, -0.05) is 18.2 Å². The normalized spacial score (nSPS) is 10.3. The highest BCUT2D eigenvalue weighted by Gasteiger charge is 2.12. The molecule has 0 atom stereocenters. The minimum absolute atomic E-state index is 0.277. The molecule has 0 aliphatic rings. The molecule has 0 saturated heterocycles. The zero-order chi connectivity index (χ0) is 21.5. The summed E-state index contributed by atoms with van der Waals surface area (Å²) < 4.78 is 5.85. The molecule has 152 valence electrons. The lowest BCUT2D eigenvalue weighted by molar-refractivity contribution is -0.143. The molecule has 2 aromatic carbocycles. The maximum atomic E-state index is 12.2. The third-order valence-electron chi connectivity index (χ3n) is 4.06. The van der Waals surface area contributed by atoms with Gasteiger partial charge in [-0.25, -0.2) is 4.79 Å². The highest BCUT2D eigenvalue weighted by atomic mass is 16.5. The Bertz CT molecular complexity index is 1180. The van der Waals surface area contributed by atoms with Gasteiger partial charge >= 0.3 is 11.7 Å². The molecule has 0 saturated carbocycles. The van der Waals surface area contributed by atoms with E-state index in [2.05, 4.69) is 5.32 Å². The fourth-order valence-corrected chi connectivity index (χ4v) is 2.52. The van der Waals surface area contributed by atoms with E-state index in [0.29, 0.717) is 16.8 Å². The van der Waals surface area contributed by atoms with Gasteiger partial charge in [-0.15, -0.1) is 0 Å². The minimum Gasteiger partial charge on any atom is -0.456 e. The van der Waals surface area contributed by atoms with E-state index in [9.17, 15) is 24.0 Å². The van der Waals surface area contributed by atoms with Crippen molar-refractivity contribution in [2.75, 3.05) is 11.9 Å². The lowest BCUT2D eigenvalue weighted by atomic mass is 10.1. The number of rotatable bonds is 7. The Labute approximate surface area is 169 Å². The average molecular weight is 407 g/mol. The van der Waals surface area contributed by atoms with Gasteiger partial charge in [0.15, 0.2) is 12.4 Å². The molecule has 2 N–H and O–H groups in total. The van der Waals surface area contributed by atoms with E-state index in [1.807, 2.05) is 11.1 Å². The molecule has 30 heavy (non-hydrogen) atoms. The van der Waals surface area contributed by atoms with E-state index in [1.165, 1.54) is 12.1 Å². The largest absolute Gasteiger partial charge is 0.456 e. The molecule has 0 radical (unpaired) electrons. The summed E-state index contributed by atoms with van der Waals surface area (Å²) in [4.78, 5) is 60.7. The summed E-state index contributed by atoms with van der Waals surface area (Å²) in [5.74, 6) is -1.52. The third-order valence-corrected chi connectivity index (χ3v) is 4.06. The number of nitrogens with one attached hydrogen (secondary N) is 2. The van der Waals surface area contributed by atoms with Crippen molar-refractivity contribution in [3.8, 4) is 0 Å². The third kappa shape index (κ3) is 5.38. The number of nitrogens with zero attached hydrogens (tertiary/aromatic N) is 1. The van der Waals surface area contributed by atoms with Gasteiger partial charge in [0.25, 0.3) is 11.5 Å². The number of ketones is 1. The van der Waals surface area contributed by atoms with Crippen molar-refractivity contribution in [2.45, 2.75) is 6.54 Å². The van der Waals surface area contributed by atoms with E-state index < -0.39 is 36.2 Å². The van der Waals surface area contributed by atoms with E-state index in [1.54, 1.807) is 36.4 Å². The molecule has 1 heterocycles. The van der Waals surface area contributed by atoms with Crippen LogP contribution >= 0.6 is 0 Å². The zero-order valence-electron chi connectivity index (χ0n) is 15.7. The molecular formula is C21H17N3O6. The number of hydrogen-bond acceptors (Lipinski definition) is 6. The second-order valence-electron chi connectivity index (χ2n) is 6.22. The Kier molecular flexibility index (Phi) is 6.33. The van der Waals surface area contributed by atoms with Crippen molar-refractivity contribution in [2.24, 2.45) is 0 Å². The van der Waals surface area contributed by atoms with Crippen LogP contribution in [-0.4, -0.2) is 33.8 Å². The lowest BCUT2D eigenvalue weighted by Gasteiger charge is -2.08. The van der Waals surface area contributed by atoms with Gasteiger partial charge in [0.1, 0.15) is 6.54 Å². The van der Waals surface area contributed by atoms with Gasteiger partial charge < -0.3 is 10.1 Å². The molecule has 0 unspecified atom stereocenters. The Hall–Kier alpha value is -4.27. The molecule has 1 amide bonds. The fourth-order valence-electron chi connectivity index (χ4n) is 2.52. The molecule has 0 bridgehead atoms. The second kappa shape index (κ2) is 9.28. The predicted molar refractivity (Wildman–Crippen MR) is 107 cm³/mol. The number of aromatic amines is 1. The van der Waals surface area contributed by atoms with Crippen molar-refractivity contribution in [3.63, 3.8) is 0 Å². The molecule has 3 rings (SSSR count). The number of H-pyrrole nitrogens is 1. The smallest absolute Gasteiger partial charge is 0.328 e. The Morgan fingerprint density at radius 2 is 1.60 bits per heavy atom. The average Bonchev–Trinajstić information content (AvgIpc) is 2.75. The van der Waals surface area contributed by atoms with Crippen LogP contribution in [0.1, 0.15) is 20.7 Å². The van der Waals surface area contributed by atoms with Crippen LogP contribution < -0.4 is 16.6 Å². The van der Waals surface area contributed by atoms with Crippen molar-refractivity contribution in [1.29, 1.82) is 0 Å². The van der Waals surface area contributed by atoms with Crippen molar-refractivity contribution in [1.82, 2.24) is 9.55 Å². The molecular weight excluding hydrogens is 390 g/mol. The van der Waals surface area contributed by atoms with Crippen LogP contribution in [0.3, 0.4) is 0 Å². The van der Waals surface area contributed by atoms with Crippen LogP contribution in [0, 0.1) is 0 Å². The summed E-state index contributed by atoms with van der Waals surface area (Å²) in [7, 11) is 0. The standard InChI is InChI=1S/C21H17N3O6/c25-17(13-30-19(27)12-24-11-10-18(26)23-21(24)29)14-6-8-16(9-7-14)22-20(28)15-4-2-1-3-5-15/h1-11H,12-13H2,(H,22,28)(H,23,26,29). The van der Waals surface area contributed by atoms with Crippen LogP contribution in [0.2, 0.25) is 0 Å². The van der Waals surface area contributed by atoms with Gasteiger partial charge in [0.05, 0.1) is 0 Å². The topological polar surface area (TPSA) is 127 Å². The predicted octanol–water partition coefficient (Wildman–Crippen LogP) is 1.21. The Morgan fingerprint density at radius 1 is 0.900 bits per heavy atom. The molecule has 0 aliphatic carbocycles. The molecule has 9 heteroatoms. The van der Waals surface area contributed by atoms with Crippen molar-refractivity contribution >= 4 is 23.3 Å². The van der Waals surface area contributed by atoms with Gasteiger partial charge in [0.2, 0.25) is 0 Å². The number of anilines is 1. The van der Waals surface area contributed by atoms with E-state index in [-0.39, 0.29) is 5.91 Å². The number of aromatic nitrogens is 2. The summed E-state index contributed by atoms with van der Waals surface area (Å²) >= 11 is 0. The van der Waals surface area contributed by atoms with Crippen LogP contribution in [0.5, 0.6) is 0 Å².